The van der Waals surface area contributed by atoms with Gasteiger partial charge in [-0.15, -0.1) is 11.3 Å². The molecule has 0 aliphatic carbocycles. The zero-order valence-electron chi connectivity index (χ0n) is 11.0. The van der Waals surface area contributed by atoms with E-state index in [1.54, 1.807) is 17.4 Å². The fourth-order valence-electron chi connectivity index (χ4n) is 2.11. The Morgan fingerprint density at radius 2 is 1.85 bits per heavy atom. The number of thiazole rings is 1. The number of rotatable bonds is 5. The summed E-state index contributed by atoms with van der Waals surface area (Å²) in [6, 6.07) is 15.6. The van der Waals surface area contributed by atoms with Gasteiger partial charge in [0, 0.05) is 25.1 Å². The Balaban J connectivity index is 1.54. The smallest absolute Gasteiger partial charge is 0.120 e. The Morgan fingerprint density at radius 3 is 2.70 bits per heavy atom. The van der Waals surface area contributed by atoms with Gasteiger partial charge in [-0.05, 0) is 18.2 Å². The van der Waals surface area contributed by atoms with Crippen molar-refractivity contribution in [2.45, 2.75) is 13.0 Å². The number of nitrogens with zero attached hydrogens (tertiary/aromatic N) is 1. The van der Waals surface area contributed by atoms with E-state index in [4.69, 9.17) is 0 Å². The number of phenols is 1. The normalized spacial score (nSPS) is 11.0. The first-order valence-electron chi connectivity index (χ1n) is 6.65. The molecule has 2 aromatic carbocycles. The van der Waals surface area contributed by atoms with Crippen LogP contribution in [0, 0.1) is 0 Å². The monoisotopic (exact) mass is 284 g/mol. The number of aromatic hydroxyl groups is 1. The number of para-hydroxylation sites is 2. The highest BCUT2D eigenvalue weighted by Crippen LogP contribution is 2.21. The van der Waals surface area contributed by atoms with Crippen LogP contribution in [-0.2, 0) is 13.0 Å². The molecule has 0 spiro atoms. The molecule has 3 nitrogen and oxygen atoms in total. The van der Waals surface area contributed by atoms with Crippen LogP contribution in [0.4, 0.5) is 0 Å². The van der Waals surface area contributed by atoms with Crippen molar-refractivity contribution in [1.82, 2.24) is 10.3 Å². The van der Waals surface area contributed by atoms with Crippen molar-refractivity contribution in [3.05, 3.63) is 59.1 Å². The van der Waals surface area contributed by atoms with E-state index in [2.05, 4.69) is 16.4 Å². The Kier molecular flexibility index (Phi) is 3.95. The lowest BCUT2D eigenvalue weighted by Gasteiger charge is -2.05. The molecule has 20 heavy (non-hydrogen) atoms. The van der Waals surface area contributed by atoms with E-state index in [9.17, 15) is 5.11 Å². The second kappa shape index (κ2) is 6.03. The first-order valence-corrected chi connectivity index (χ1v) is 7.46. The van der Waals surface area contributed by atoms with E-state index in [1.165, 1.54) is 4.70 Å². The lowest BCUT2D eigenvalue weighted by Crippen LogP contribution is -2.16. The van der Waals surface area contributed by atoms with E-state index >= 15 is 0 Å². The molecular weight excluding hydrogens is 268 g/mol. The minimum Gasteiger partial charge on any atom is -0.508 e. The first-order chi connectivity index (χ1) is 9.83. The molecule has 1 heterocycles. The second-order valence-electron chi connectivity index (χ2n) is 4.63. The highest BCUT2D eigenvalue weighted by atomic mass is 32.1. The van der Waals surface area contributed by atoms with Crippen molar-refractivity contribution < 1.29 is 5.11 Å². The van der Waals surface area contributed by atoms with Crippen molar-refractivity contribution in [1.29, 1.82) is 0 Å². The molecule has 4 heteroatoms. The maximum Gasteiger partial charge on any atom is 0.120 e. The number of aromatic nitrogens is 1. The van der Waals surface area contributed by atoms with Crippen LogP contribution in [0.25, 0.3) is 10.2 Å². The summed E-state index contributed by atoms with van der Waals surface area (Å²) in [4.78, 5) is 4.60. The molecule has 0 bridgehead atoms. The fourth-order valence-corrected chi connectivity index (χ4v) is 3.07. The summed E-state index contributed by atoms with van der Waals surface area (Å²) in [6.07, 6.45) is 0.910. The van der Waals surface area contributed by atoms with Gasteiger partial charge in [-0.1, -0.05) is 30.3 Å². The van der Waals surface area contributed by atoms with Crippen LogP contribution in [0.1, 0.15) is 10.6 Å². The van der Waals surface area contributed by atoms with Crippen LogP contribution in [0.2, 0.25) is 0 Å². The summed E-state index contributed by atoms with van der Waals surface area (Å²) in [6.45, 7) is 1.53. The number of hydrogen-bond donors (Lipinski definition) is 2. The zero-order chi connectivity index (χ0) is 13.8. The third-order valence-electron chi connectivity index (χ3n) is 3.16. The van der Waals surface area contributed by atoms with Gasteiger partial charge in [-0.2, -0.15) is 0 Å². The zero-order valence-corrected chi connectivity index (χ0v) is 11.9. The summed E-state index contributed by atoms with van der Waals surface area (Å²) < 4.78 is 1.24. The molecule has 0 saturated heterocycles. The molecule has 102 valence electrons. The number of nitrogens with one attached hydrogen (secondary N) is 1. The SMILES string of the molecule is Oc1ccccc1CNCCc1nc2ccccc2s1. The second-order valence-corrected chi connectivity index (χ2v) is 5.75. The largest absolute Gasteiger partial charge is 0.508 e. The molecule has 1 aromatic heterocycles. The van der Waals surface area contributed by atoms with Gasteiger partial charge in [0.05, 0.1) is 15.2 Å². The van der Waals surface area contributed by atoms with Crippen LogP contribution in [0.3, 0.4) is 0 Å². The summed E-state index contributed by atoms with van der Waals surface area (Å²) in [7, 11) is 0. The third kappa shape index (κ3) is 2.98. The van der Waals surface area contributed by atoms with Crippen molar-refractivity contribution >= 4 is 21.6 Å². The minimum atomic E-state index is 0.347. The molecular formula is C16H16N2OS. The molecule has 3 rings (SSSR count). The molecule has 2 N–H and O–H groups in total. The van der Waals surface area contributed by atoms with Gasteiger partial charge in [0.15, 0.2) is 0 Å². The molecule has 3 aromatic rings. The lowest BCUT2D eigenvalue weighted by atomic mass is 10.2. The van der Waals surface area contributed by atoms with Gasteiger partial charge < -0.3 is 10.4 Å². The van der Waals surface area contributed by atoms with Crippen LogP contribution in [0.15, 0.2) is 48.5 Å². The third-order valence-corrected chi connectivity index (χ3v) is 4.26. The van der Waals surface area contributed by atoms with Crippen molar-refractivity contribution in [3.63, 3.8) is 0 Å². The van der Waals surface area contributed by atoms with Crippen LogP contribution in [0.5, 0.6) is 5.75 Å². The number of fused-ring (bicyclic) bond motifs is 1. The fraction of sp³-hybridized carbons (Fsp3) is 0.188. The maximum absolute atomic E-state index is 9.67. The molecule has 0 radical (unpaired) electrons. The van der Waals surface area contributed by atoms with E-state index in [0.29, 0.717) is 12.3 Å². The van der Waals surface area contributed by atoms with E-state index < -0.39 is 0 Å². The van der Waals surface area contributed by atoms with Gasteiger partial charge >= 0.3 is 0 Å². The molecule has 0 aliphatic heterocycles. The molecule has 0 unspecified atom stereocenters. The molecule has 0 saturated carbocycles. The van der Waals surface area contributed by atoms with Crippen molar-refractivity contribution in [2.24, 2.45) is 0 Å². The quantitative estimate of drug-likeness (QED) is 0.706. The predicted octanol–water partition coefficient (Wildman–Crippen LogP) is 3.33. The van der Waals surface area contributed by atoms with Crippen LogP contribution in [-0.4, -0.2) is 16.6 Å². The van der Waals surface area contributed by atoms with Crippen LogP contribution < -0.4 is 5.32 Å². The average Bonchev–Trinajstić information content (AvgIpc) is 2.88. The van der Waals surface area contributed by atoms with Crippen molar-refractivity contribution in [2.75, 3.05) is 6.54 Å². The number of phenolic OH excluding ortho intramolecular Hbond substituents is 1. The number of hydrogen-bond acceptors (Lipinski definition) is 4. The Bertz CT molecular complexity index is 675. The molecule has 0 fully saturated rings. The molecule has 0 atom stereocenters. The van der Waals surface area contributed by atoms with Crippen molar-refractivity contribution in [3.8, 4) is 5.75 Å². The summed E-state index contributed by atoms with van der Waals surface area (Å²) in [5, 5.41) is 14.2. The highest BCUT2D eigenvalue weighted by molar-refractivity contribution is 7.18. The topological polar surface area (TPSA) is 45.1 Å². The van der Waals surface area contributed by atoms with Crippen LogP contribution >= 0.6 is 11.3 Å². The van der Waals surface area contributed by atoms with E-state index in [-0.39, 0.29) is 0 Å². The van der Waals surface area contributed by atoms with Gasteiger partial charge in [-0.25, -0.2) is 4.98 Å². The Morgan fingerprint density at radius 1 is 1.05 bits per heavy atom. The maximum atomic E-state index is 9.67. The number of benzene rings is 2. The summed E-state index contributed by atoms with van der Waals surface area (Å²) in [5.41, 5.74) is 2.00. The standard InChI is InChI=1S/C16H16N2OS/c19-14-7-3-1-5-12(14)11-17-10-9-16-18-13-6-2-4-8-15(13)20-16/h1-8,17,19H,9-11H2. The summed E-state index contributed by atoms with van der Waals surface area (Å²) >= 11 is 1.75. The van der Waals surface area contributed by atoms with E-state index in [1.807, 2.05) is 36.4 Å². The average molecular weight is 284 g/mol. The first kappa shape index (κ1) is 13.1. The molecule has 0 aliphatic rings. The van der Waals surface area contributed by atoms with Gasteiger partial charge in [0.25, 0.3) is 0 Å². The van der Waals surface area contributed by atoms with Gasteiger partial charge in [0.2, 0.25) is 0 Å². The minimum absolute atomic E-state index is 0.347. The van der Waals surface area contributed by atoms with Gasteiger partial charge in [0.1, 0.15) is 5.75 Å². The predicted molar refractivity (Wildman–Crippen MR) is 83.1 cm³/mol. The lowest BCUT2D eigenvalue weighted by molar-refractivity contribution is 0.464. The summed E-state index contributed by atoms with van der Waals surface area (Å²) in [5.74, 6) is 0.347. The molecule has 0 amide bonds. The Labute approximate surface area is 121 Å². The Hall–Kier alpha value is -1.91. The van der Waals surface area contributed by atoms with Gasteiger partial charge in [-0.3, -0.25) is 0 Å². The highest BCUT2D eigenvalue weighted by Gasteiger charge is 2.03. The van der Waals surface area contributed by atoms with E-state index in [0.717, 1.165) is 29.1 Å².